The Morgan fingerprint density at radius 3 is 2.36 bits per heavy atom. The Bertz CT molecular complexity index is 609. The van der Waals surface area contributed by atoms with E-state index in [0.29, 0.717) is 0 Å². The summed E-state index contributed by atoms with van der Waals surface area (Å²) in [4.78, 5) is 24.4. The van der Waals surface area contributed by atoms with Gasteiger partial charge in [-0.05, 0) is 24.5 Å². The van der Waals surface area contributed by atoms with Crippen molar-refractivity contribution in [3.8, 4) is 0 Å². The quantitative estimate of drug-likeness (QED) is 0.680. The fourth-order valence-corrected chi connectivity index (χ4v) is 2.23. The minimum Gasteiger partial charge on any atom is -0.384 e. The van der Waals surface area contributed by atoms with E-state index in [9.17, 15) is 22.8 Å². The zero-order valence-electron chi connectivity index (χ0n) is 13.7. The van der Waals surface area contributed by atoms with Crippen molar-refractivity contribution in [3.05, 3.63) is 34.9 Å². The van der Waals surface area contributed by atoms with Crippen molar-refractivity contribution in [1.82, 2.24) is 10.6 Å². The number of alkyl halides is 3. The molecule has 1 aromatic carbocycles. The van der Waals surface area contributed by atoms with Gasteiger partial charge in [0.2, 0.25) is 5.91 Å². The number of rotatable bonds is 7. The van der Waals surface area contributed by atoms with Crippen LogP contribution in [0.3, 0.4) is 0 Å². The number of carbonyl (C=O) groups is 2. The highest BCUT2D eigenvalue weighted by atomic mass is 35.5. The van der Waals surface area contributed by atoms with Gasteiger partial charge < -0.3 is 15.7 Å². The average molecular weight is 381 g/mol. The van der Waals surface area contributed by atoms with Crippen molar-refractivity contribution in [1.29, 1.82) is 0 Å². The molecule has 0 aromatic heterocycles. The molecule has 25 heavy (non-hydrogen) atoms. The van der Waals surface area contributed by atoms with E-state index in [2.05, 4.69) is 10.6 Å². The third-order valence-electron chi connectivity index (χ3n) is 3.45. The number of hydrogen-bond donors (Lipinski definition) is 3. The van der Waals surface area contributed by atoms with Crippen LogP contribution in [0, 0.1) is 5.92 Å². The zero-order valence-corrected chi connectivity index (χ0v) is 14.5. The lowest BCUT2D eigenvalue weighted by Crippen LogP contribution is -2.50. The molecule has 0 aliphatic carbocycles. The predicted molar refractivity (Wildman–Crippen MR) is 87.2 cm³/mol. The molecule has 0 radical (unpaired) electrons. The minimum absolute atomic E-state index is 0.190. The first-order chi connectivity index (χ1) is 11.5. The highest BCUT2D eigenvalue weighted by Gasteiger charge is 2.37. The lowest BCUT2D eigenvalue weighted by atomic mass is 10.0. The summed E-state index contributed by atoms with van der Waals surface area (Å²) in [6, 6.07) is 5.33. The molecule has 0 fully saturated rings. The number of carbonyl (C=O) groups excluding carboxylic acids is 2. The van der Waals surface area contributed by atoms with Gasteiger partial charge in [-0.25, -0.2) is 0 Å². The highest BCUT2D eigenvalue weighted by molar-refractivity contribution is 6.33. The van der Waals surface area contributed by atoms with Crippen LogP contribution >= 0.6 is 11.6 Å². The molecule has 2 amide bonds. The molecule has 2 unspecified atom stereocenters. The van der Waals surface area contributed by atoms with Gasteiger partial charge in [0.25, 0.3) is 5.91 Å². The monoisotopic (exact) mass is 380 g/mol. The van der Waals surface area contributed by atoms with Crippen molar-refractivity contribution in [2.75, 3.05) is 6.54 Å². The summed E-state index contributed by atoms with van der Waals surface area (Å²) in [6.45, 7) is 2.99. The Labute approximate surface area is 148 Å². The first kappa shape index (κ1) is 21.2. The van der Waals surface area contributed by atoms with E-state index in [1.165, 1.54) is 12.1 Å². The summed E-state index contributed by atoms with van der Waals surface area (Å²) in [7, 11) is 0. The van der Waals surface area contributed by atoms with Gasteiger partial charge in [-0.15, -0.1) is 0 Å². The standard InChI is InChI=1S/C16H20ClF3N2O3/c1-9(2)13(15(25)21-8-7-12(23)16(18,19)20)22-14(24)10-5-3-4-6-11(10)17/h3-6,9,12-13,23H,7-8H2,1-2H3,(H,21,25)(H,22,24). The lowest BCUT2D eigenvalue weighted by molar-refractivity contribution is -0.205. The molecular weight excluding hydrogens is 361 g/mol. The maximum absolute atomic E-state index is 12.2. The molecule has 0 heterocycles. The molecule has 1 rings (SSSR count). The topological polar surface area (TPSA) is 78.4 Å². The van der Waals surface area contributed by atoms with Crippen molar-refractivity contribution in [2.24, 2.45) is 5.92 Å². The molecule has 0 bridgehead atoms. The molecule has 9 heteroatoms. The Balaban J connectivity index is 2.66. The third kappa shape index (κ3) is 6.55. The van der Waals surface area contributed by atoms with E-state index in [-0.39, 0.29) is 23.0 Å². The normalized spacial score (nSPS) is 14.1. The molecule has 0 aliphatic heterocycles. The molecule has 0 aliphatic rings. The first-order valence-corrected chi connectivity index (χ1v) is 7.99. The first-order valence-electron chi connectivity index (χ1n) is 7.62. The third-order valence-corrected chi connectivity index (χ3v) is 3.78. The molecule has 140 valence electrons. The van der Waals surface area contributed by atoms with Gasteiger partial charge in [0.15, 0.2) is 6.10 Å². The van der Waals surface area contributed by atoms with Gasteiger partial charge in [0.05, 0.1) is 10.6 Å². The van der Waals surface area contributed by atoms with Gasteiger partial charge in [-0.3, -0.25) is 9.59 Å². The SMILES string of the molecule is CC(C)C(NC(=O)c1ccccc1Cl)C(=O)NCCC(O)C(F)(F)F. The van der Waals surface area contributed by atoms with E-state index in [1.54, 1.807) is 26.0 Å². The van der Waals surface area contributed by atoms with Gasteiger partial charge >= 0.3 is 6.18 Å². The summed E-state index contributed by atoms with van der Waals surface area (Å²) < 4.78 is 36.7. The number of benzene rings is 1. The van der Waals surface area contributed by atoms with E-state index in [4.69, 9.17) is 16.7 Å². The number of aliphatic hydroxyl groups is 1. The fourth-order valence-electron chi connectivity index (χ4n) is 2.01. The van der Waals surface area contributed by atoms with Crippen LogP contribution in [0.5, 0.6) is 0 Å². The Kier molecular flexibility index (Phi) is 7.69. The van der Waals surface area contributed by atoms with Crippen LogP contribution in [0.25, 0.3) is 0 Å². The van der Waals surface area contributed by atoms with Gasteiger partial charge in [-0.1, -0.05) is 37.6 Å². The van der Waals surface area contributed by atoms with Crippen LogP contribution in [0.1, 0.15) is 30.6 Å². The van der Waals surface area contributed by atoms with E-state index < -0.39 is 36.6 Å². The van der Waals surface area contributed by atoms with Crippen LogP contribution < -0.4 is 10.6 Å². The molecule has 5 nitrogen and oxygen atoms in total. The largest absolute Gasteiger partial charge is 0.414 e. The van der Waals surface area contributed by atoms with Crippen LogP contribution in [0.2, 0.25) is 5.02 Å². The summed E-state index contributed by atoms with van der Waals surface area (Å²) in [5, 5.41) is 13.9. The number of aliphatic hydroxyl groups excluding tert-OH is 1. The van der Waals surface area contributed by atoms with Crippen LogP contribution in [-0.4, -0.2) is 41.8 Å². The summed E-state index contributed by atoms with van der Waals surface area (Å²) in [5.41, 5.74) is 0.190. The molecule has 2 atom stereocenters. The fraction of sp³-hybridized carbons (Fsp3) is 0.500. The molecule has 0 saturated heterocycles. The smallest absolute Gasteiger partial charge is 0.384 e. The van der Waals surface area contributed by atoms with Gasteiger partial charge in [-0.2, -0.15) is 13.2 Å². The minimum atomic E-state index is -4.74. The maximum atomic E-state index is 12.2. The van der Waals surface area contributed by atoms with Crippen LogP contribution in [-0.2, 0) is 4.79 Å². The number of amides is 2. The van der Waals surface area contributed by atoms with E-state index in [1.807, 2.05) is 0 Å². The average Bonchev–Trinajstić information content (AvgIpc) is 2.51. The van der Waals surface area contributed by atoms with Gasteiger partial charge in [0, 0.05) is 6.54 Å². The van der Waals surface area contributed by atoms with Crippen LogP contribution in [0.4, 0.5) is 13.2 Å². The zero-order chi connectivity index (χ0) is 19.2. The summed E-state index contributed by atoms with van der Waals surface area (Å²) >= 11 is 5.93. The van der Waals surface area contributed by atoms with Crippen molar-refractivity contribution in [2.45, 2.75) is 38.6 Å². The Morgan fingerprint density at radius 2 is 1.84 bits per heavy atom. The van der Waals surface area contributed by atoms with Crippen molar-refractivity contribution in [3.63, 3.8) is 0 Å². The summed E-state index contributed by atoms with van der Waals surface area (Å²) in [5.74, 6) is -1.50. The molecule has 3 N–H and O–H groups in total. The number of halogens is 4. The second-order valence-electron chi connectivity index (χ2n) is 5.81. The molecule has 0 spiro atoms. The summed E-state index contributed by atoms with van der Waals surface area (Å²) in [6.07, 6.45) is -7.91. The maximum Gasteiger partial charge on any atom is 0.414 e. The van der Waals surface area contributed by atoms with Crippen LogP contribution in [0.15, 0.2) is 24.3 Å². The second-order valence-corrected chi connectivity index (χ2v) is 6.22. The molecule has 0 saturated carbocycles. The van der Waals surface area contributed by atoms with E-state index >= 15 is 0 Å². The highest BCUT2D eigenvalue weighted by Crippen LogP contribution is 2.21. The van der Waals surface area contributed by atoms with Crippen molar-refractivity contribution < 1.29 is 27.9 Å². The predicted octanol–water partition coefficient (Wildman–Crippen LogP) is 2.52. The second kappa shape index (κ2) is 9.05. The van der Waals surface area contributed by atoms with Crippen molar-refractivity contribution >= 4 is 23.4 Å². The molecule has 1 aromatic rings. The Morgan fingerprint density at radius 1 is 1.24 bits per heavy atom. The van der Waals surface area contributed by atoms with Gasteiger partial charge in [0.1, 0.15) is 6.04 Å². The Hall–Kier alpha value is -1.80. The number of hydrogen-bond acceptors (Lipinski definition) is 3. The number of nitrogens with one attached hydrogen (secondary N) is 2. The van der Waals surface area contributed by atoms with E-state index in [0.717, 1.165) is 0 Å². The molecular formula is C16H20ClF3N2O3. The lowest BCUT2D eigenvalue weighted by Gasteiger charge is -2.22.